The molecule has 3 aromatic rings. The molecule has 4 saturated carbocycles. The van der Waals surface area contributed by atoms with Crippen molar-refractivity contribution in [2.45, 2.75) is 55.5 Å². The quantitative estimate of drug-likeness (QED) is 0.314. The second-order valence-corrected chi connectivity index (χ2v) is 11.9. The van der Waals surface area contributed by atoms with Gasteiger partial charge in [-0.05, 0) is 80.5 Å². The lowest BCUT2D eigenvalue weighted by atomic mass is 9.51. The second-order valence-electron chi connectivity index (χ2n) is 11.0. The third-order valence-corrected chi connectivity index (χ3v) is 9.79. The number of ether oxygens (including phenoxy) is 1. The van der Waals surface area contributed by atoms with Crippen LogP contribution in [0.3, 0.4) is 0 Å². The monoisotopic (exact) mass is 494 g/mol. The molecule has 0 radical (unpaired) electrons. The number of methoxy groups -OCH3 is 1. The van der Waals surface area contributed by atoms with Crippen molar-refractivity contribution in [2.24, 2.45) is 17.8 Å². The van der Waals surface area contributed by atoms with E-state index in [1.165, 1.54) is 19.3 Å². The summed E-state index contributed by atoms with van der Waals surface area (Å²) in [6.07, 6.45) is 7.39. The Balaban J connectivity index is 1.42. The van der Waals surface area contributed by atoms with Crippen molar-refractivity contribution in [3.05, 3.63) is 53.1 Å². The molecular weight excluding hydrogens is 467 g/mol. The highest BCUT2D eigenvalue weighted by Crippen LogP contribution is 2.62. The van der Waals surface area contributed by atoms with Crippen molar-refractivity contribution < 1.29 is 9.53 Å². The molecule has 1 aromatic heterocycles. The molecule has 4 bridgehead atoms. The number of aromatic nitrogens is 1. The Morgan fingerprint density at radius 1 is 1.03 bits per heavy atom. The van der Waals surface area contributed by atoms with E-state index >= 15 is 0 Å². The van der Waals surface area contributed by atoms with Crippen LogP contribution in [0.4, 0.5) is 0 Å². The summed E-state index contributed by atoms with van der Waals surface area (Å²) in [5, 5.41) is 1.16. The summed E-state index contributed by atoms with van der Waals surface area (Å²) >= 11 is 13.6. The molecule has 1 saturated heterocycles. The molecule has 6 heteroatoms. The number of halogens is 2. The van der Waals surface area contributed by atoms with Crippen LogP contribution in [0.5, 0.6) is 5.75 Å². The Morgan fingerprint density at radius 3 is 2.35 bits per heavy atom. The average Bonchev–Trinajstić information content (AvgIpc) is 3.18. The molecule has 2 atom stereocenters. The van der Waals surface area contributed by atoms with Crippen molar-refractivity contribution in [1.82, 2.24) is 9.88 Å². The van der Waals surface area contributed by atoms with E-state index in [4.69, 9.17) is 27.9 Å². The number of amides is 1. The highest BCUT2D eigenvalue weighted by atomic mass is 35.5. The van der Waals surface area contributed by atoms with Gasteiger partial charge >= 0.3 is 0 Å². The van der Waals surface area contributed by atoms with Crippen LogP contribution in [0.2, 0.25) is 5.02 Å². The first-order chi connectivity index (χ1) is 16.5. The van der Waals surface area contributed by atoms with Crippen LogP contribution in [0, 0.1) is 17.8 Å². The largest absolute Gasteiger partial charge is 0.497 e. The molecule has 4 nitrogen and oxygen atoms in total. The molecule has 5 fully saturated rings. The summed E-state index contributed by atoms with van der Waals surface area (Å²) in [5.41, 5.74) is 3.90. The first-order valence-electron chi connectivity index (χ1n) is 12.4. The third kappa shape index (κ3) is 2.88. The minimum atomic E-state index is -0.570. The molecule has 2 aromatic carbocycles. The lowest BCUT2D eigenvalue weighted by Crippen LogP contribution is -2.70. The molecule has 1 N–H and O–H groups in total. The number of carbonyl (C=O) groups excluding carboxylic acids is 1. The van der Waals surface area contributed by atoms with Gasteiger partial charge in [0.1, 0.15) is 11.1 Å². The number of aromatic amines is 1. The van der Waals surface area contributed by atoms with E-state index in [1.54, 1.807) is 7.11 Å². The van der Waals surface area contributed by atoms with Gasteiger partial charge in [0, 0.05) is 32.6 Å². The smallest absolute Gasteiger partial charge is 0.244 e. The van der Waals surface area contributed by atoms with E-state index in [0.29, 0.717) is 5.02 Å². The molecule has 5 aliphatic rings. The molecule has 2 heterocycles. The lowest BCUT2D eigenvalue weighted by Gasteiger charge is -2.65. The van der Waals surface area contributed by atoms with E-state index in [0.717, 1.165) is 70.5 Å². The van der Waals surface area contributed by atoms with Gasteiger partial charge in [-0.2, -0.15) is 0 Å². The zero-order valence-electron chi connectivity index (χ0n) is 19.2. The number of fused-ring (bicyclic) bond motifs is 1. The van der Waals surface area contributed by atoms with E-state index in [2.05, 4.69) is 16.0 Å². The summed E-state index contributed by atoms with van der Waals surface area (Å²) < 4.78 is 5.57. The van der Waals surface area contributed by atoms with Gasteiger partial charge in [-0.25, -0.2) is 0 Å². The molecule has 4 aliphatic carbocycles. The molecule has 34 heavy (non-hydrogen) atoms. The standard InChI is InChI=1S/C28H28Cl2N2O2/c1-34-18-6-7-22-20(11-18)23(25(31-22)19-4-2-3-5-21(19)29)26-24(30)27(33)32(26)28-12-15-8-16(13-28)10-17(9-15)14-28/h2-7,11,15-17,24,26,31H,8-10,12-14H2,1H3. The van der Waals surface area contributed by atoms with Gasteiger partial charge in [0.25, 0.3) is 0 Å². The number of likely N-dealkylation sites (tertiary alicyclic amines) is 1. The molecule has 2 unspecified atom stereocenters. The van der Waals surface area contributed by atoms with Gasteiger partial charge in [-0.15, -0.1) is 11.6 Å². The predicted octanol–water partition coefficient (Wildman–Crippen LogP) is 6.96. The van der Waals surface area contributed by atoms with Crippen LogP contribution in [0.15, 0.2) is 42.5 Å². The maximum Gasteiger partial charge on any atom is 0.244 e. The van der Waals surface area contributed by atoms with Crippen molar-refractivity contribution in [1.29, 1.82) is 0 Å². The first-order valence-corrected chi connectivity index (χ1v) is 13.2. The van der Waals surface area contributed by atoms with Gasteiger partial charge < -0.3 is 14.6 Å². The first kappa shape index (κ1) is 21.1. The molecule has 8 rings (SSSR count). The summed E-state index contributed by atoms with van der Waals surface area (Å²) in [5.74, 6) is 3.13. The fourth-order valence-electron chi connectivity index (χ4n) is 8.12. The second kappa shape index (κ2) is 7.41. The Kier molecular flexibility index (Phi) is 4.61. The summed E-state index contributed by atoms with van der Waals surface area (Å²) in [6, 6.07) is 13.8. The molecule has 1 aliphatic heterocycles. The number of alkyl halides is 1. The predicted molar refractivity (Wildman–Crippen MR) is 135 cm³/mol. The maximum atomic E-state index is 13.5. The zero-order valence-corrected chi connectivity index (χ0v) is 20.7. The van der Waals surface area contributed by atoms with Crippen molar-refractivity contribution in [3.63, 3.8) is 0 Å². The van der Waals surface area contributed by atoms with Gasteiger partial charge in [0.15, 0.2) is 0 Å². The normalized spacial score (nSPS) is 34.0. The highest BCUT2D eigenvalue weighted by Gasteiger charge is 2.62. The molecular formula is C28H28Cl2N2O2. The number of benzene rings is 2. The van der Waals surface area contributed by atoms with Crippen LogP contribution < -0.4 is 4.74 Å². The molecule has 1 amide bonds. The van der Waals surface area contributed by atoms with Crippen molar-refractivity contribution >= 4 is 40.0 Å². The number of H-pyrrole nitrogens is 1. The number of hydrogen-bond donors (Lipinski definition) is 1. The number of rotatable bonds is 4. The van der Waals surface area contributed by atoms with Crippen LogP contribution in [-0.4, -0.2) is 33.8 Å². The van der Waals surface area contributed by atoms with E-state index in [1.807, 2.05) is 36.4 Å². The van der Waals surface area contributed by atoms with Crippen molar-refractivity contribution in [2.75, 3.05) is 7.11 Å². The van der Waals surface area contributed by atoms with Crippen LogP contribution in [0.1, 0.15) is 50.1 Å². The Hall–Kier alpha value is -2.17. The number of carbonyl (C=O) groups is 1. The highest BCUT2D eigenvalue weighted by molar-refractivity contribution is 6.34. The fourth-order valence-corrected chi connectivity index (χ4v) is 8.69. The van der Waals surface area contributed by atoms with Gasteiger partial charge in [0.05, 0.1) is 18.8 Å². The Bertz CT molecular complexity index is 1280. The molecule has 0 spiro atoms. The topological polar surface area (TPSA) is 45.3 Å². The fraction of sp³-hybridized carbons (Fsp3) is 0.464. The number of β-lactam (4-membered cyclic amide) rings is 1. The van der Waals surface area contributed by atoms with E-state index < -0.39 is 5.38 Å². The number of nitrogens with zero attached hydrogens (tertiary/aromatic N) is 1. The zero-order chi connectivity index (χ0) is 23.2. The van der Waals surface area contributed by atoms with Crippen LogP contribution >= 0.6 is 23.2 Å². The summed E-state index contributed by atoms with van der Waals surface area (Å²) in [6.45, 7) is 0. The van der Waals surface area contributed by atoms with Gasteiger partial charge in [-0.3, -0.25) is 4.79 Å². The van der Waals surface area contributed by atoms with E-state index in [9.17, 15) is 4.79 Å². The van der Waals surface area contributed by atoms with Crippen LogP contribution in [-0.2, 0) is 4.79 Å². The Morgan fingerprint density at radius 2 is 1.71 bits per heavy atom. The van der Waals surface area contributed by atoms with Gasteiger partial charge in [-0.1, -0.05) is 29.8 Å². The molecule has 176 valence electrons. The SMILES string of the molecule is COc1ccc2[nH]c(-c3ccccc3Cl)c(C3C(Cl)C(=O)N3C34CC5CC(CC(C5)C3)C4)c2c1. The van der Waals surface area contributed by atoms with E-state index in [-0.39, 0.29) is 17.5 Å². The average molecular weight is 495 g/mol. The van der Waals surface area contributed by atoms with Gasteiger partial charge in [0.2, 0.25) is 5.91 Å². The Labute approximate surface area is 209 Å². The lowest BCUT2D eigenvalue weighted by molar-refractivity contribution is -0.175. The number of hydrogen-bond acceptors (Lipinski definition) is 2. The summed E-state index contributed by atoms with van der Waals surface area (Å²) in [7, 11) is 1.68. The minimum absolute atomic E-state index is 0.0535. The maximum absolute atomic E-state index is 13.5. The third-order valence-electron chi connectivity index (χ3n) is 9.03. The summed E-state index contributed by atoms with van der Waals surface area (Å²) in [4.78, 5) is 19.3. The van der Waals surface area contributed by atoms with Crippen molar-refractivity contribution in [3.8, 4) is 17.0 Å². The minimum Gasteiger partial charge on any atom is -0.497 e. The van der Waals surface area contributed by atoms with Crippen LogP contribution in [0.25, 0.3) is 22.2 Å². The number of nitrogens with one attached hydrogen (secondary N) is 1.